The Hall–Kier alpha value is -4.25. The lowest BCUT2D eigenvalue weighted by Gasteiger charge is -2.17. The van der Waals surface area contributed by atoms with Crippen molar-refractivity contribution in [2.75, 3.05) is 11.1 Å². The smallest absolute Gasteiger partial charge is 0.251 e. The van der Waals surface area contributed by atoms with Crippen molar-refractivity contribution in [2.24, 2.45) is 0 Å². The Morgan fingerprint density at radius 3 is 2.61 bits per heavy atom. The standard InChI is InChI=1S/C25H25N7O/c26-13-17-4-3-5-19(12-17)25(33)29-14-16-8-10-18(11-9-16)22(27)21-23(28)30-15-31-24(21)32-20-6-1-2-7-20/h3-5,8-12,15,20,27H,1-2,6-7,14H2,(H,29,33)(H3,28,30,31,32). The van der Waals surface area contributed by atoms with Crippen LogP contribution >= 0.6 is 0 Å². The topological polar surface area (TPSA) is 141 Å². The van der Waals surface area contributed by atoms with Crippen molar-refractivity contribution in [3.63, 3.8) is 0 Å². The molecule has 8 nitrogen and oxygen atoms in total. The van der Waals surface area contributed by atoms with E-state index in [0.717, 1.165) is 18.4 Å². The molecule has 0 radical (unpaired) electrons. The molecule has 166 valence electrons. The fraction of sp³-hybridized carbons (Fsp3) is 0.240. The molecular formula is C25H25N7O. The minimum atomic E-state index is -0.249. The Morgan fingerprint density at radius 1 is 1.12 bits per heavy atom. The zero-order valence-electron chi connectivity index (χ0n) is 18.1. The molecule has 0 bridgehead atoms. The van der Waals surface area contributed by atoms with E-state index in [0.29, 0.717) is 40.7 Å². The lowest BCUT2D eigenvalue weighted by Crippen LogP contribution is -2.23. The number of nitrogen functional groups attached to an aromatic ring is 1. The van der Waals surface area contributed by atoms with Gasteiger partial charge in [-0.15, -0.1) is 0 Å². The van der Waals surface area contributed by atoms with Gasteiger partial charge in [-0.3, -0.25) is 10.2 Å². The number of carbonyl (C=O) groups excluding carboxylic acids is 1. The molecule has 1 aliphatic rings. The number of nitrogens with zero attached hydrogens (tertiary/aromatic N) is 3. The molecule has 3 aromatic rings. The fourth-order valence-electron chi connectivity index (χ4n) is 3.97. The number of hydrogen-bond donors (Lipinski definition) is 4. The number of nitrogens with one attached hydrogen (secondary N) is 3. The summed E-state index contributed by atoms with van der Waals surface area (Å²) < 4.78 is 0. The predicted molar refractivity (Wildman–Crippen MR) is 127 cm³/mol. The first-order valence-electron chi connectivity index (χ1n) is 10.9. The average molecular weight is 440 g/mol. The third-order valence-corrected chi connectivity index (χ3v) is 5.77. The molecule has 1 fully saturated rings. The number of anilines is 2. The van der Waals surface area contributed by atoms with E-state index in [1.165, 1.54) is 19.2 Å². The molecule has 4 rings (SSSR count). The number of benzene rings is 2. The van der Waals surface area contributed by atoms with Gasteiger partial charge >= 0.3 is 0 Å². The van der Waals surface area contributed by atoms with Crippen molar-refractivity contribution in [1.82, 2.24) is 15.3 Å². The molecule has 5 N–H and O–H groups in total. The van der Waals surface area contributed by atoms with Crippen molar-refractivity contribution < 1.29 is 4.79 Å². The first kappa shape index (κ1) is 22.0. The number of rotatable bonds is 7. The monoisotopic (exact) mass is 439 g/mol. The van der Waals surface area contributed by atoms with Crippen molar-refractivity contribution >= 4 is 23.3 Å². The molecule has 1 amide bonds. The lowest BCUT2D eigenvalue weighted by molar-refractivity contribution is 0.0951. The number of nitriles is 1. The van der Waals surface area contributed by atoms with Crippen LogP contribution in [0.4, 0.5) is 11.6 Å². The highest BCUT2D eigenvalue weighted by atomic mass is 16.1. The first-order chi connectivity index (χ1) is 16.0. The van der Waals surface area contributed by atoms with E-state index >= 15 is 0 Å². The van der Waals surface area contributed by atoms with Gasteiger partial charge in [-0.2, -0.15) is 5.26 Å². The van der Waals surface area contributed by atoms with Gasteiger partial charge in [0.25, 0.3) is 5.91 Å². The highest BCUT2D eigenvalue weighted by molar-refractivity contribution is 6.16. The van der Waals surface area contributed by atoms with Crippen LogP contribution in [0.3, 0.4) is 0 Å². The van der Waals surface area contributed by atoms with Gasteiger partial charge in [0, 0.05) is 23.7 Å². The third kappa shape index (κ3) is 5.15. The summed E-state index contributed by atoms with van der Waals surface area (Å²) in [5.41, 5.74) is 9.32. The van der Waals surface area contributed by atoms with E-state index in [-0.39, 0.29) is 17.4 Å². The summed E-state index contributed by atoms with van der Waals surface area (Å²) in [6.45, 7) is 0.328. The van der Waals surface area contributed by atoms with Gasteiger partial charge < -0.3 is 16.4 Å². The molecule has 0 atom stereocenters. The predicted octanol–water partition coefficient (Wildman–Crippen LogP) is 3.63. The fourth-order valence-corrected chi connectivity index (χ4v) is 3.97. The molecule has 1 saturated carbocycles. The Bertz CT molecular complexity index is 1210. The molecule has 33 heavy (non-hydrogen) atoms. The van der Waals surface area contributed by atoms with Crippen LogP contribution in [0.25, 0.3) is 0 Å². The highest BCUT2D eigenvalue weighted by Crippen LogP contribution is 2.26. The maximum absolute atomic E-state index is 12.4. The van der Waals surface area contributed by atoms with Crippen LogP contribution in [-0.2, 0) is 6.54 Å². The molecule has 1 heterocycles. The van der Waals surface area contributed by atoms with Gasteiger partial charge in [0.1, 0.15) is 18.0 Å². The second kappa shape index (κ2) is 9.92. The summed E-state index contributed by atoms with van der Waals surface area (Å²) in [5, 5.41) is 24.0. The van der Waals surface area contributed by atoms with Crippen LogP contribution in [0.1, 0.15) is 58.3 Å². The minimum absolute atomic E-state index is 0.248. The van der Waals surface area contributed by atoms with Crippen LogP contribution in [-0.4, -0.2) is 27.6 Å². The maximum atomic E-state index is 12.4. The Balaban J connectivity index is 1.44. The van der Waals surface area contributed by atoms with Crippen LogP contribution in [0.5, 0.6) is 0 Å². The normalized spacial score (nSPS) is 13.3. The van der Waals surface area contributed by atoms with Crippen LogP contribution < -0.4 is 16.4 Å². The van der Waals surface area contributed by atoms with Crippen molar-refractivity contribution in [3.05, 3.63) is 82.7 Å². The average Bonchev–Trinajstić information content (AvgIpc) is 3.36. The Morgan fingerprint density at radius 2 is 1.88 bits per heavy atom. The summed E-state index contributed by atoms with van der Waals surface area (Å²) in [5.74, 6) is 0.613. The van der Waals surface area contributed by atoms with Crippen LogP contribution in [0.2, 0.25) is 0 Å². The molecule has 2 aromatic carbocycles. The Labute approximate surface area is 192 Å². The first-order valence-corrected chi connectivity index (χ1v) is 10.9. The molecule has 0 unspecified atom stereocenters. The number of carbonyl (C=O) groups is 1. The summed E-state index contributed by atoms with van der Waals surface area (Å²) in [4.78, 5) is 20.8. The molecule has 0 spiro atoms. The van der Waals surface area contributed by atoms with Crippen molar-refractivity contribution in [3.8, 4) is 6.07 Å². The SMILES string of the molecule is N#Cc1cccc(C(=O)NCc2ccc(C(=N)c3c(N)ncnc3NC3CCCC3)cc2)c1. The van der Waals surface area contributed by atoms with E-state index in [9.17, 15) is 4.79 Å². The maximum Gasteiger partial charge on any atom is 0.251 e. The summed E-state index contributed by atoms with van der Waals surface area (Å²) >= 11 is 0. The quantitative estimate of drug-likeness (QED) is 0.414. The second-order valence-electron chi connectivity index (χ2n) is 8.06. The molecular weight excluding hydrogens is 414 g/mol. The molecule has 0 aliphatic heterocycles. The van der Waals surface area contributed by atoms with Crippen molar-refractivity contribution in [1.29, 1.82) is 10.7 Å². The third-order valence-electron chi connectivity index (χ3n) is 5.77. The molecule has 1 aromatic heterocycles. The van der Waals surface area contributed by atoms with E-state index < -0.39 is 0 Å². The van der Waals surface area contributed by atoms with Crippen LogP contribution in [0, 0.1) is 16.7 Å². The summed E-state index contributed by atoms with van der Waals surface area (Å²) in [6, 6.07) is 16.3. The summed E-state index contributed by atoms with van der Waals surface area (Å²) in [7, 11) is 0. The lowest BCUT2D eigenvalue weighted by atomic mass is 10.0. The minimum Gasteiger partial charge on any atom is -0.383 e. The number of nitrogens with two attached hydrogens (primary N) is 1. The number of aromatic nitrogens is 2. The van der Waals surface area contributed by atoms with E-state index in [1.807, 2.05) is 30.3 Å². The largest absolute Gasteiger partial charge is 0.383 e. The van der Waals surface area contributed by atoms with Gasteiger partial charge in [-0.25, -0.2) is 9.97 Å². The Kier molecular flexibility index (Phi) is 6.60. The highest BCUT2D eigenvalue weighted by Gasteiger charge is 2.21. The second-order valence-corrected chi connectivity index (χ2v) is 8.06. The van der Waals surface area contributed by atoms with Gasteiger partial charge in [0.05, 0.1) is 22.9 Å². The summed E-state index contributed by atoms with van der Waals surface area (Å²) in [6.07, 6.45) is 5.96. The zero-order chi connectivity index (χ0) is 23.2. The molecule has 0 saturated heterocycles. The van der Waals surface area contributed by atoms with Gasteiger partial charge in [0.15, 0.2) is 0 Å². The molecule has 1 aliphatic carbocycles. The number of amides is 1. The van der Waals surface area contributed by atoms with E-state index in [2.05, 4.69) is 20.6 Å². The van der Waals surface area contributed by atoms with Gasteiger partial charge in [-0.1, -0.05) is 43.2 Å². The van der Waals surface area contributed by atoms with Crippen molar-refractivity contribution in [2.45, 2.75) is 38.3 Å². The van der Waals surface area contributed by atoms with Crippen LogP contribution in [0.15, 0.2) is 54.9 Å². The van der Waals surface area contributed by atoms with Gasteiger partial charge in [0.2, 0.25) is 0 Å². The zero-order valence-corrected chi connectivity index (χ0v) is 18.1. The van der Waals surface area contributed by atoms with E-state index in [4.69, 9.17) is 16.4 Å². The number of hydrogen-bond acceptors (Lipinski definition) is 7. The van der Waals surface area contributed by atoms with E-state index in [1.54, 1.807) is 24.3 Å². The van der Waals surface area contributed by atoms with Gasteiger partial charge in [-0.05, 0) is 36.6 Å². The molecule has 8 heteroatoms.